The van der Waals surface area contributed by atoms with Gasteiger partial charge in [-0.3, -0.25) is 4.79 Å². The summed E-state index contributed by atoms with van der Waals surface area (Å²) in [6, 6.07) is 14.0. The van der Waals surface area contributed by atoms with E-state index in [1.165, 1.54) is 4.70 Å². The SMILES string of the molecule is O=C(CCl)c1cccc2sc3ccccc3c12. The highest BCUT2D eigenvalue weighted by atomic mass is 35.5. The third-order valence-corrected chi connectivity index (χ3v) is 4.20. The number of hydrogen-bond acceptors (Lipinski definition) is 2. The Morgan fingerprint density at radius 2 is 1.82 bits per heavy atom. The molecule has 3 aromatic rings. The smallest absolute Gasteiger partial charge is 0.178 e. The molecule has 0 spiro atoms. The summed E-state index contributed by atoms with van der Waals surface area (Å²) < 4.78 is 2.35. The van der Waals surface area contributed by atoms with Gasteiger partial charge in [-0.2, -0.15) is 0 Å². The van der Waals surface area contributed by atoms with Crippen molar-refractivity contribution in [2.75, 3.05) is 5.88 Å². The number of carbonyl (C=O) groups is 1. The van der Waals surface area contributed by atoms with Gasteiger partial charge in [-0.25, -0.2) is 0 Å². The van der Waals surface area contributed by atoms with E-state index in [-0.39, 0.29) is 11.7 Å². The lowest BCUT2D eigenvalue weighted by Crippen LogP contribution is -2.00. The summed E-state index contributed by atoms with van der Waals surface area (Å²) in [5.74, 6) is 0.0179. The molecule has 0 amide bonds. The Hall–Kier alpha value is -1.38. The van der Waals surface area contributed by atoms with Gasteiger partial charge < -0.3 is 0 Å². The van der Waals surface area contributed by atoms with Crippen molar-refractivity contribution in [2.45, 2.75) is 0 Å². The number of hydrogen-bond donors (Lipinski definition) is 0. The number of rotatable bonds is 2. The first-order valence-electron chi connectivity index (χ1n) is 5.30. The van der Waals surface area contributed by atoms with Gasteiger partial charge in [0.05, 0.1) is 5.88 Å². The maximum Gasteiger partial charge on any atom is 0.178 e. The van der Waals surface area contributed by atoms with Crippen LogP contribution >= 0.6 is 22.9 Å². The fourth-order valence-electron chi connectivity index (χ4n) is 2.08. The van der Waals surface area contributed by atoms with Gasteiger partial charge in [0.25, 0.3) is 0 Å². The van der Waals surface area contributed by atoms with Crippen molar-refractivity contribution >= 4 is 48.9 Å². The molecule has 2 aromatic carbocycles. The van der Waals surface area contributed by atoms with Gasteiger partial charge in [0.2, 0.25) is 0 Å². The Bertz CT molecular complexity index is 714. The predicted octanol–water partition coefficient (Wildman–Crippen LogP) is 4.48. The second kappa shape index (κ2) is 4.13. The molecule has 1 aromatic heterocycles. The molecule has 0 saturated carbocycles. The van der Waals surface area contributed by atoms with Crippen molar-refractivity contribution in [3.05, 3.63) is 48.0 Å². The van der Waals surface area contributed by atoms with Crippen LogP contribution in [0, 0.1) is 0 Å². The van der Waals surface area contributed by atoms with E-state index in [2.05, 4.69) is 12.1 Å². The minimum absolute atomic E-state index is 0.0131. The van der Waals surface area contributed by atoms with Crippen LogP contribution in [0.3, 0.4) is 0 Å². The van der Waals surface area contributed by atoms with Crippen LogP contribution in [0.1, 0.15) is 10.4 Å². The normalized spacial score (nSPS) is 11.1. The van der Waals surface area contributed by atoms with Crippen LogP contribution in [0.2, 0.25) is 0 Å². The van der Waals surface area contributed by atoms with Gasteiger partial charge in [0.1, 0.15) is 0 Å². The number of alkyl halides is 1. The van der Waals surface area contributed by atoms with Crippen LogP contribution in [-0.4, -0.2) is 11.7 Å². The summed E-state index contributed by atoms with van der Waals surface area (Å²) in [6.07, 6.45) is 0. The second-order valence-corrected chi connectivity index (χ2v) is 5.18. The number of benzene rings is 2. The van der Waals surface area contributed by atoms with E-state index in [0.717, 1.165) is 21.0 Å². The molecule has 0 N–H and O–H groups in total. The molecule has 1 nitrogen and oxygen atoms in total. The number of fused-ring (bicyclic) bond motifs is 3. The molecular formula is C14H9ClOS. The van der Waals surface area contributed by atoms with E-state index in [1.54, 1.807) is 11.3 Å². The highest BCUT2D eigenvalue weighted by Crippen LogP contribution is 2.35. The van der Waals surface area contributed by atoms with E-state index in [0.29, 0.717) is 0 Å². The summed E-state index contributed by atoms with van der Waals surface area (Å²) in [7, 11) is 0. The standard InChI is InChI=1S/C14H9ClOS/c15-8-11(16)9-5-3-7-13-14(9)10-4-1-2-6-12(10)17-13/h1-7H,8H2. The quantitative estimate of drug-likeness (QED) is 0.491. The van der Waals surface area contributed by atoms with Crippen LogP contribution in [0.15, 0.2) is 42.5 Å². The third kappa shape index (κ3) is 1.65. The highest BCUT2D eigenvalue weighted by Gasteiger charge is 2.13. The monoisotopic (exact) mass is 260 g/mol. The number of Topliss-reactive ketones (excluding diaryl/α,β-unsaturated/α-hetero) is 1. The molecule has 3 heteroatoms. The Morgan fingerprint density at radius 3 is 2.65 bits per heavy atom. The minimum atomic E-state index is -0.0131. The zero-order chi connectivity index (χ0) is 11.8. The van der Waals surface area contributed by atoms with E-state index < -0.39 is 0 Å². The van der Waals surface area contributed by atoms with E-state index in [4.69, 9.17) is 11.6 Å². The zero-order valence-corrected chi connectivity index (χ0v) is 10.5. The fourth-order valence-corrected chi connectivity index (χ4v) is 3.36. The number of carbonyl (C=O) groups excluding carboxylic acids is 1. The Morgan fingerprint density at radius 1 is 1.06 bits per heavy atom. The van der Waals surface area contributed by atoms with Gasteiger partial charge in [-0.1, -0.05) is 30.3 Å². The summed E-state index contributed by atoms with van der Waals surface area (Å²) in [4.78, 5) is 11.8. The Kier molecular flexibility index (Phi) is 2.61. The van der Waals surface area contributed by atoms with Crippen molar-refractivity contribution in [3.63, 3.8) is 0 Å². The van der Waals surface area contributed by atoms with Crippen LogP contribution in [0.4, 0.5) is 0 Å². The second-order valence-electron chi connectivity index (χ2n) is 3.83. The number of thiophene rings is 1. The average Bonchev–Trinajstić information content (AvgIpc) is 2.76. The number of ketones is 1. The molecule has 0 aliphatic heterocycles. The summed E-state index contributed by atoms with van der Waals surface area (Å²) in [5, 5.41) is 2.18. The average molecular weight is 261 g/mol. The molecule has 0 aliphatic carbocycles. The van der Waals surface area contributed by atoms with E-state index >= 15 is 0 Å². The van der Waals surface area contributed by atoms with Crippen LogP contribution in [-0.2, 0) is 0 Å². The molecule has 3 rings (SSSR count). The lowest BCUT2D eigenvalue weighted by Gasteiger charge is -2.00. The van der Waals surface area contributed by atoms with Crippen LogP contribution in [0.5, 0.6) is 0 Å². The first kappa shape index (κ1) is 10.8. The molecule has 0 bridgehead atoms. The summed E-state index contributed by atoms with van der Waals surface area (Å²) >= 11 is 7.37. The maximum absolute atomic E-state index is 11.8. The maximum atomic E-state index is 11.8. The van der Waals surface area contributed by atoms with Crippen molar-refractivity contribution in [3.8, 4) is 0 Å². The van der Waals surface area contributed by atoms with Crippen LogP contribution in [0.25, 0.3) is 20.2 Å². The molecule has 0 saturated heterocycles. The molecule has 84 valence electrons. The van der Waals surface area contributed by atoms with Gasteiger partial charge in [-0.15, -0.1) is 22.9 Å². The first-order chi connectivity index (χ1) is 8.31. The summed E-state index contributed by atoms with van der Waals surface area (Å²) in [6.45, 7) is 0. The largest absolute Gasteiger partial charge is 0.293 e. The van der Waals surface area contributed by atoms with Crippen molar-refractivity contribution < 1.29 is 4.79 Å². The molecule has 17 heavy (non-hydrogen) atoms. The Labute approximate surface area is 108 Å². The van der Waals surface area contributed by atoms with Gasteiger partial charge in [-0.05, 0) is 12.1 Å². The van der Waals surface area contributed by atoms with Crippen molar-refractivity contribution in [1.29, 1.82) is 0 Å². The van der Waals surface area contributed by atoms with E-state index in [1.807, 2.05) is 30.3 Å². The van der Waals surface area contributed by atoms with Gasteiger partial charge in [0.15, 0.2) is 5.78 Å². The molecular weight excluding hydrogens is 252 g/mol. The molecule has 1 heterocycles. The third-order valence-electron chi connectivity index (χ3n) is 2.82. The molecule has 0 unspecified atom stereocenters. The molecule has 0 aliphatic rings. The molecule has 0 atom stereocenters. The lowest BCUT2D eigenvalue weighted by atomic mass is 10.0. The number of halogens is 1. The first-order valence-corrected chi connectivity index (χ1v) is 6.66. The molecule has 0 fully saturated rings. The molecule has 0 radical (unpaired) electrons. The topological polar surface area (TPSA) is 17.1 Å². The Balaban J connectivity index is 2.47. The van der Waals surface area contributed by atoms with Gasteiger partial charge in [0, 0.05) is 25.7 Å². The van der Waals surface area contributed by atoms with Gasteiger partial charge >= 0.3 is 0 Å². The summed E-state index contributed by atoms with van der Waals surface area (Å²) in [5.41, 5.74) is 0.731. The van der Waals surface area contributed by atoms with Crippen molar-refractivity contribution in [2.24, 2.45) is 0 Å². The minimum Gasteiger partial charge on any atom is -0.293 e. The highest BCUT2D eigenvalue weighted by molar-refractivity contribution is 7.25. The van der Waals surface area contributed by atoms with Crippen molar-refractivity contribution in [1.82, 2.24) is 0 Å². The predicted molar refractivity (Wildman–Crippen MR) is 74.4 cm³/mol. The fraction of sp³-hybridized carbons (Fsp3) is 0.0714. The van der Waals surface area contributed by atoms with E-state index in [9.17, 15) is 4.79 Å². The van der Waals surface area contributed by atoms with Crippen LogP contribution < -0.4 is 0 Å². The lowest BCUT2D eigenvalue weighted by molar-refractivity contribution is 0.102. The zero-order valence-electron chi connectivity index (χ0n) is 8.94.